The van der Waals surface area contributed by atoms with Crippen molar-refractivity contribution in [1.82, 2.24) is 0 Å². The normalized spacial score (nSPS) is 11.1. The van der Waals surface area contributed by atoms with E-state index in [1.807, 2.05) is 0 Å². The second kappa shape index (κ2) is 5.17. The van der Waals surface area contributed by atoms with Crippen LogP contribution in [0.2, 0.25) is 25.7 Å². The molecule has 0 unspecified atom stereocenters. The van der Waals surface area contributed by atoms with Crippen LogP contribution in [0, 0.1) is 0 Å². The van der Waals surface area contributed by atoms with Gasteiger partial charge in [0, 0.05) is 14.5 Å². The molecule has 0 heterocycles. The summed E-state index contributed by atoms with van der Waals surface area (Å²) in [4.78, 5) is 21.9. The van der Waals surface area contributed by atoms with E-state index in [1.54, 1.807) is 0 Å². The zero-order valence-electron chi connectivity index (χ0n) is 8.85. The first-order chi connectivity index (χ1) is 5.85. The SMILES string of the molecule is COC(=O)CC(=O)CC[Si](C)(C)C. The van der Waals surface area contributed by atoms with Crippen LogP contribution in [0.15, 0.2) is 0 Å². The van der Waals surface area contributed by atoms with Crippen LogP contribution >= 0.6 is 0 Å². The Bertz CT molecular complexity index is 194. The molecule has 0 rings (SSSR count). The number of rotatable bonds is 5. The summed E-state index contributed by atoms with van der Waals surface area (Å²) >= 11 is 0. The van der Waals surface area contributed by atoms with E-state index in [0.29, 0.717) is 6.42 Å². The molecular formula is C9H18O3Si. The minimum absolute atomic E-state index is 0.00530. The molecule has 13 heavy (non-hydrogen) atoms. The number of methoxy groups -OCH3 is 1. The second-order valence-electron chi connectivity index (χ2n) is 4.35. The summed E-state index contributed by atoms with van der Waals surface area (Å²) in [5, 5.41) is 0. The molecule has 0 N–H and O–H groups in total. The van der Waals surface area contributed by atoms with E-state index in [-0.39, 0.29) is 12.2 Å². The molecule has 0 saturated carbocycles. The Morgan fingerprint density at radius 3 is 2.15 bits per heavy atom. The molecule has 0 radical (unpaired) electrons. The summed E-state index contributed by atoms with van der Waals surface area (Å²) in [5.41, 5.74) is 0. The molecule has 0 spiro atoms. The van der Waals surface area contributed by atoms with Crippen LogP contribution in [0.3, 0.4) is 0 Å². The Balaban J connectivity index is 3.70. The van der Waals surface area contributed by atoms with Crippen LogP contribution < -0.4 is 0 Å². The summed E-state index contributed by atoms with van der Waals surface area (Å²) < 4.78 is 4.40. The van der Waals surface area contributed by atoms with Crippen molar-refractivity contribution in [2.75, 3.05) is 7.11 Å². The zero-order chi connectivity index (χ0) is 10.5. The van der Waals surface area contributed by atoms with Crippen LogP contribution in [0.1, 0.15) is 12.8 Å². The lowest BCUT2D eigenvalue weighted by molar-refractivity contribution is -0.143. The maximum atomic E-state index is 11.2. The van der Waals surface area contributed by atoms with Crippen LogP contribution in [0.4, 0.5) is 0 Å². The molecule has 0 atom stereocenters. The van der Waals surface area contributed by atoms with Crippen molar-refractivity contribution < 1.29 is 14.3 Å². The zero-order valence-corrected chi connectivity index (χ0v) is 9.85. The number of carbonyl (C=O) groups excluding carboxylic acids is 2. The summed E-state index contributed by atoms with van der Waals surface area (Å²) in [6.45, 7) is 6.62. The molecule has 0 aliphatic rings. The maximum absolute atomic E-state index is 11.2. The highest BCUT2D eigenvalue weighted by atomic mass is 28.3. The number of ether oxygens (including phenoxy) is 1. The smallest absolute Gasteiger partial charge is 0.313 e. The lowest BCUT2D eigenvalue weighted by Gasteiger charge is -2.14. The van der Waals surface area contributed by atoms with Crippen molar-refractivity contribution >= 4 is 19.8 Å². The Hall–Kier alpha value is -0.643. The number of hydrogen-bond acceptors (Lipinski definition) is 3. The quantitative estimate of drug-likeness (QED) is 0.388. The van der Waals surface area contributed by atoms with Crippen LogP contribution in [0.25, 0.3) is 0 Å². The van der Waals surface area contributed by atoms with E-state index in [2.05, 4.69) is 24.4 Å². The third-order valence-electron chi connectivity index (χ3n) is 1.72. The van der Waals surface area contributed by atoms with Crippen molar-refractivity contribution in [3.63, 3.8) is 0 Å². The fraction of sp³-hybridized carbons (Fsp3) is 0.778. The molecule has 76 valence electrons. The summed E-state index contributed by atoms with van der Waals surface area (Å²) in [7, 11) is 0.146. The Labute approximate surface area is 80.5 Å². The van der Waals surface area contributed by atoms with Crippen molar-refractivity contribution in [2.45, 2.75) is 38.5 Å². The first-order valence-corrected chi connectivity index (χ1v) is 8.14. The largest absolute Gasteiger partial charge is 0.469 e. The fourth-order valence-corrected chi connectivity index (χ4v) is 1.86. The van der Waals surface area contributed by atoms with Crippen LogP contribution in [-0.4, -0.2) is 26.9 Å². The van der Waals surface area contributed by atoms with Gasteiger partial charge < -0.3 is 4.74 Å². The highest BCUT2D eigenvalue weighted by Crippen LogP contribution is 2.12. The molecular weight excluding hydrogens is 184 g/mol. The van der Waals surface area contributed by atoms with Gasteiger partial charge in [0.1, 0.15) is 12.2 Å². The van der Waals surface area contributed by atoms with Gasteiger partial charge in [0.15, 0.2) is 0 Å². The molecule has 0 saturated heterocycles. The third-order valence-corrected chi connectivity index (χ3v) is 3.47. The monoisotopic (exact) mass is 202 g/mol. The third kappa shape index (κ3) is 7.71. The van der Waals surface area contributed by atoms with E-state index < -0.39 is 14.0 Å². The van der Waals surface area contributed by atoms with E-state index in [9.17, 15) is 9.59 Å². The summed E-state index contributed by atoms with van der Waals surface area (Å²) in [6, 6.07) is 0.947. The molecule has 0 amide bonds. The van der Waals surface area contributed by atoms with Gasteiger partial charge in [-0.2, -0.15) is 0 Å². The fourth-order valence-electron chi connectivity index (χ4n) is 0.836. The molecule has 0 aliphatic heterocycles. The number of Topliss-reactive ketones (excluding diaryl/α,β-unsaturated/α-hetero) is 1. The van der Waals surface area contributed by atoms with E-state index in [4.69, 9.17) is 0 Å². The predicted octanol–water partition coefficient (Wildman–Crippen LogP) is 1.85. The van der Waals surface area contributed by atoms with Crippen molar-refractivity contribution in [1.29, 1.82) is 0 Å². The standard InChI is InChI=1S/C9H18O3Si/c1-12-9(11)7-8(10)5-6-13(2,3)4/h5-7H2,1-4H3. The molecule has 0 aromatic heterocycles. The van der Waals surface area contributed by atoms with Gasteiger partial charge in [-0.3, -0.25) is 9.59 Å². The predicted molar refractivity (Wildman–Crippen MR) is 54.4 cm³/mol. The maximum Gasteiger partial charge on any atom is 0.313 e. The Morgan fingerprint density at radius 2 is 1.77 bits per heavy atom. The summed E-state index contributed by atoms with van der Waals surface area (Å²) in [6.07, 6.45) is 0.450. The molecule has 4 heteroatoms. The molecule has 0 aromatic carbocycles. The van der Waals surface area contributed by atoms with Crippen molar-refractivity contribution in [3.05, 3.63) is 0 Å². The first-order valence-electron chi connectivity index (χ1n) is 4.43. The van der Waals surface area contributed by atoms with E-state index >= 15 is 0 Å². The average Bonchev–Trinajstić information content (AvgIpc) is 1.99. The first kappa shape index (κ1) is 12.4. The van der Waals surface area contributed by atoms with E-state index in [0.717, 1.165) is 6.04 Å². The highest BCUT2D eigenvalue weighted by molar-refractivity contribution is 6.76. The van der Waals surface area contributed by atoms with Gasteiger partial charge in [0.2, 0.25) is 0 Å². The van der Waals surface area contributed by atoms with Gasteiger partial charge >= 0.3 is 5.97 Å². The molecule has 0 fully saturated rings. The number of carbonyl (C=O) groups is 2. The summed E-state index contributed by atoms with van der Waals surface area (Å²) in [5.74, 6) is -0.435. The topological polar surface area (TPSA) is 43.4 Å². The number of hydrogen-bond donors (Lipinski definition) is 0. The molecule has 0 bridgehead atoms. The van der Waals surface area contributed by atoms with Crippen LogP contribution in [0.5, 0.6) is 0 Å². The second-order valence-corrected chi connectivity index (χ2v) is 9.97. The van der Waals surface area contributed by atoms with Gasteiger partial charge in [0.05, 0.1) is 7.11 Å². The van der Waals surface area contributed by atoms with Gasteiger partial charge in [-0.25, -0.2) is 0 Å². The highest BCUT2D eigenvalue weighted by Gasteiger charge is 2.16. The molecule has 0 aromatic rings. The average molecular weight is 202 g/mol. The minimum atomic E-state index is -1.15. The minimum Gasteiger partial charge on any atom is -0.469 e. The lowest BCUT2D eigenvalue weighted by Crippen LogP contribution is -2.21. The Kier molecular flexibility index (Phi) is 4.91. The van der Waals surface area contributed by atoms with Crippen molar-refractivity contribution in [2.24, 2.45) is 0 Å². The molecule has 0 aliphatic carbocycles. The molecule has 3 nitrogen and oxygen atoms in total. The van der Waals surface area contributed by atoms with Crippen molar-refractivity contribution in [3.8, 4) is 0 Å². The van der Waals surface area contributed by atoms with Gasteiger partial charge in [-0.15, -0.1) is 0 Å². The number of esters is 1. The van der Waals surface area contributed by atoms with Gasteiger partial charge in [0.25, 0.3) is 0 Å². The van der Waals surface area contributed by atoms with Gasteiger partial charge in [-0.05, 0) is 0 Å². The Morgan fingerprint density at radius 1 is 1.23 bits per heavy atom. The number of ketones is 1. The lowest BCUT2D eigenvalue weighted by atomic mass is 10.2. The van der Waals surface area contributed by atoms with Crippen LogP contribution in [-0.2, 0) is 14.3 Å². The van der Waals surface area contributed by atoms with Gasteiger partial charge in [-0.1, -0.05) is 25.7 Å². The van der Waals surface area contributed by atoms with E-state index in [1.165, 1.54) is 7.11 Å².